The van der Waals surface area contributed by atoms with E-state index in [1.54, 1.807) is 7.05 Å². The second kappa shape index (κ2) is 4.74. The lowest BCUT2D eigenvalue weighted by atomic mass is 10.1. The van der Waals surface area contributed by atoms with Crippen molar-refractivity contribution in [2.45, 2.75) is 18.9 Å². The van der Waals surface area contributed by atoms with Crippen LogP contribution in [0.25, 0.3) is 0 Å². The highest BCUT2D eigenvalue weighted by Crippen LogP contribution is 2.32. The van der Waals surface area contributed by atoms with Crippen LogP contribution in [0, 0.1) is 0 Å². The van der Waals surface area contributed by atoms with Crippen molar-refractivity contribution in [3.63, 3.8) is 0 Å². The first-order valence-corrected chi connectivity index (χ1v) is 5.84. The van der Waals surface area contributed by atoms with E-state index in [1.165, 1.54) is 0 Å². The Morgan fingerprint density at radius 1 is 1.56 bits per heavy atom. The van der Waals surface area contributed by atoms with Gasteiger partial charge in [-0.15, -0.1) is 0 Å². The molecule has 1 heterocycles. The summed E-state index contributed by atoms with van der Waals surface area (Å²) in [6.07, 6.45) is 2.05. The number of benzene rings is 1. The molecule has 3 nitrogen and oxygen atoms in total. The zero-order valence-corrected chi connectivity index (χ0v) is 10.00. The molecule has 0 radical (unpaired) electrons. The molecule has 2 rings (SSSR count). The predicted octanol–water partition coefficient (Wildman–Crippen LogP) is 2.82. The first-order valence-electron chi connectivity index (χ1n) is 5.46. The largest absolute Gasteiger partial charge is 0.341 e. The summed E-state index contributed by atoms with van der Waals surface area (Å²) in [6.45, 7) is 0.816. The molecule has 1 aliphatic rings. The summed E-state index contributed by atoms with van der Waals surface area (Å²) in [4.78, 5) is 13.5. The van der Waals surface area contributed by atoms with Crippen LogP contribution in [0.15, 0.2) is 24.3 Å². The van der Waals surface area contributed by atoms with Crippen LogP contribution in [0.1, 0.15) is 24.4 Å². The molecule has 1 fully saturated rings. The number of likely N-dealkylation sites (tertiary alicyclic amines) is 1. The molecule has 0 bridgehead atoms. The van der Waals surface area contributed by atoms with Crippen molar-refractivity contribution < 1.29 is 4.79 Å². The zero-order valence-electron chi connectivity index (χ0n) is 9.24. The van der Waals surface area contributed by atoms with Crippen LogP contribution in [0.3, 0.4) is 0 Å². The monoisotopic (exact) mass is 238 g/mol. The Hall–Kier alpha value is -1.22. The van der Waals surface area contributed by atoms with Gasteiger partial charge in [0.25, 0.3) is 0 Å². The van der Waals surface area contributed by atoms with Gasteiger partial charge >= 0.3 is 6.03 Å². The Bertz CT molecular complexity index is 394. The molecule has 2 amide bonds. The van der Waals surface area contributed by atoms with Crippen molar-refractivity contribution in [2.24, 2.45) is 0 Å². The van der Waals surface area contributed by atoms with Gasteiger partial charge in [-0.2, -0.15) is 0 Å². The van der Waals surface area contributed by atoms with Gasteiger partial charge in [0, 0.05) is 18.6 Å². The summed E-state index contributed by atoms with van der Waals surface area (Å²) < 4.78 is 0. The third-order valence-electron chi connectivity index (χ3n) is 2.96. The SMILES string of the molecule is CNC(=O)N1CCC[C@@H]1c1cccc(Cl)c1. The standard InChI is InChI=1S/C12H15ClN2O/c1-14-12(16)15-7-3-6-11(15)9-4-2-5-10(13)8-9/h2,4-5,8,11H,3,6-7H2,1H3,(H,14,16)/t11-/m1/s1. The van der Waals surface area contributed by atoms with Crippen molar-refractivity contribution in [3.8, 4) is 0 Å². The molecule has 1 saturated heterocycles. The minimum Gasteiger partial charge on any atom is -0.341 e. The van der Waals surface area contributed by atoms with Crippen LogP contribution in [-0.2, 0) is 0 Å². The lowest BCUT2D eigenvalue weighted by Gasteiger charge is -2.24. The average molecular weight is 239 g/mol. The molecule has 1 atom stereocenters. The summed E-state index contributed by atoms with van der Waals surface area (Å²) in [7, 11) is 1.66. The van der Waals surface area contributed by atoms with Crippen LogP contribution in [0.5, 0.6) is 0 Å². The molecule has 4 heteroatoms. The second-order valence-corrected chi connectivity index (χ2v) is 4.40. The van der Waals surface area contributed by atoms with E-state index in [0.29, 0.717) is 0 Å². The minimum absolute atomic E-state index is 0.0116. The Labute approximate surface area is 100 Å². The van der Waals surface area contributed by atoms with Gasteiger partial charge in [0.1, 0.15) is 0 Å². The van der Waals surface area contributed by atoms with E-state index in [0.717, 1.165) is 30.0 Å². The van der Waals surface area contributed by atoms with Crippen molar-refractivity contribution in [1.82, 2.24) is 10.2 Å². The number of halogens is 1. The predicted molar refractivity (Wildman–Crippen MR) is 64.6 cm³/mol. The number of urea groups is 1. The van der Waals surface area contributed by atoms with Gasteiger partial charge in [-0.05, 0) is 30.5 Å². The lowest BCUT2D eigenvalue weighted by molar-refractivity contribution is 0.195. The zero-order chi connectivity index (χ0) is 11.5. The Balaban J connectivity index is 2.23. The maximum Gasteiger partial charge on any atom is 0.317 e. The molecule has 86 valence electrons. The molecule has 1 N–H and O–H groups in total. The van der Waals surface area contributed by atoms with Gasteiger partial charge in [-0.25, -0.2) is 4.79 Å². The number of carbonyl (C=O) groups is 1. The third-order valence-corrected chi connectivity index (χ3v) is 3.20. The highest BCUT2D eigenvalue weighted by atomic mass is 35.5. The molecule has 16 heavy (non-hydrogen) atoms. The summed E-state index contributed by atoms with van der Waals surface area (Å²) >= 11 is 5.97. The summed E-state index contributed by atoms with van der Waals surface area (Å²) in [5.74, 6) is 0. The average Bonchev–Trinajstić information content (AvgIpc) is 2.77. The van der Waals surface area contributed by atoms with E-state index in [-0.39, 0.29) is 12.1 Å². The number of hydrogen-bond donors (Lipinski definition) is 1. The molecular formula is C12H15ClN2O. The van der Waals surface area contributed by atoms with Crippen LogP contribution >= 0.6 is 11.6 Å². The number of hydrogen-bond acceptors (Lipinski definition) is 1. The molecule has 0 saturated carbocycles. The van der Waals surface area contributed by atoms with E-state index >= 15 is 0 Å². The number of nitrogens with zero attached hydrogens (tertiary/aromatic N) is 1. The fourth-order valence-electron chi connectivity index (χ4n) is 2.21. The number of carbonyl (C=O) groups excluding carboxylic acids is 1. The summed E-state index contributed by atoms with van der Waals surface area (Å²) in [6, 6.07) is 7.90. The van der Waals surface area contributed by atoms with Gasteiger partial charge in [0.2, 0.25) is 0 Å². The van der Waals surface area contributed by atoms with Gasteiger partial charge < -0.3 is 10.2 Å². The van der Waals surface area contributed by atoms with Crippen LogP contribution in [0.2, 0.25) is 5.02 Å². The van der Waals surface area contributed by atoms with E-state index in [4.69, 9.17) is 11.6 Å². The summed E-state index contributed by atoms with van der Waals surface area (Å²) in [5.41, 5.74) is 1.12. The van der Waals surface area contributed by atoms with E-state index in [1.807, 2.05) is 29.2 Å². The van der Waals surface area contributed by atoms with Gasteiger partial charge in [-0.1, -0.05) is 23.7 Å². The van der Waals surface area contributed by atoms with Crippen LogP contribution in [0.4, 0.5) is 4.79 Å². The van der Waals surface area contributed by atoms with E-state index in [9.17, 15) is 4.79 Å². The third kappa shape index (κ3) is 2.14. The molecule has 1 aromatic rings. The molecule has 0 aliphatic carbocycles. The highest BCUT2D eigenvalue weighted by Gasteiger charge is 2.29. The van der Waals surface area contributed by atoms with Crippen molar-refractivity contribution >= 4 is 17.6 Å². The van der Waals surface area contributed by atoms with Gasteiger partial charge in [0.15, 0.2) is 0 Å². The summed E-state index contributed by atoms with van der Waals surface area (Å²) in [5, 5.41) is 3.40. The van der Waals surface area contributed by atoms with Crippen molar-refractivity contribution in [2.75, 3.05) is 13.6 Å². The quantitative estimate of drug-likeness (QED) is 0.802. The fourth-order valence-corrected chi connectivity index (χ4v) is 2.41. The normalized spacial score (nSPS) is 19.9. The molecule has 1 aromatic carbocycles. The number of rotatable bonds is 1. The molecule has 1 aliphatic heterocycles. The first-order chi connectivity index (χ1) is 7.72. The minimum atomic E-state index is -0.0116. The molecular weight excluding hydrogens is 224 g/mol. The topological polar surface area (TPSA) is 32.3 Å². The smallest absolute Gasteiger partial charge is 0.317 e. The van der Waals surface area contributed by atoms with Gasteiger partial charge in [-0.3, -0.25) is 0 Å². The van der Waals surface area contributed by atoms with Crippen LogP contribution < -0.4 is 5.32 Å². The molecule has 0 unspecified atom stereocenters. The van der Waals surface area contributed by atoms with Crippen molar-refractivity contribution in [3.05, 3.63) is 34.9 Å². The molecule has 0 spiro atoms. The van der Waals surface area contributed by atoms with Crippen LogP contribution in [-0.4, -0.2) is 24.5 Å². The molecule has 0 aromatic heterocycles. The fraction of sp³-hybridized carbons (Fsp3) is 0.417. The number of nitrogens with one attached hydrogen (secondary N) is 1. The Morgan fingerprint density at radius 3 is 3.06 bits per heavy atom. The maximum atomic E-state index is 11.7. The van der Waals surface area contributed by atoms with E-state index < -0.39 is 0 Å². The lowest BCUT2D eigenvalue weighted by Crippen LogP contribution is -2.37. The van der Waals surface area contributed by atoms with Gasteiger partial charge in [0.05, 0.1) is 6.04 Å². The van der Waals surface area contributed by atoms with Crippen molar-refractivity contribution in [1.29, 1.82) is 0 Å². The number of amides is 2. The Kier molecular flexibility index (Phi) is 3.34. The maximum absolute atomic E-state index is 11.7. The first kappa shape index (κ1) is 11.3. The second-order valence-electron chi connectivity index (χ2n) is 3.96. The van der Waals surface area contributed by atoms with E-state index in [2.05, 4.69) is 5.32 Å². The highest BCUT2D eigenvalue weighted by molar-refractivity contribution is 6.30. The Morgan fingerprint density at radius 2 is 2.38 bits per heavy atom.